The van der Waals surface area contributed by atoms with E-state index in [1.165, 1.54) is 0 Å². The fraction of sp³-hybridized carbons (Fsp3) is 1.00. The molecule has 0 bridgehead atoms. The number of hydrogen-bond donors (Lipinski definition) is 2. The molecular formula is C11H19F3N2O. The quantitative estimate of drug-likeness (QED) is 0.769. The number of alkyl halides is 3. The van der Waals surface area contributed by atoms with E-state index in [-0.39, 0.29) is 18.4 Å². The minimum Gasteiger partial charge on any atom is -0.379 e. The van der Waals surface area contributed by atoms with Crippen LogP contribution in [0, 0.1) is 5.41 Å². The standard InChI is InChI=1S/C11H19F3N2O/c1-9(2-4-15-6-9)7-16-5-3-10(17,8-16)11(12,13)14/h15,17H,2-8H2,1H3. The second kappa shape index (κ2) is 4.10. The minimum absolute atomic E-state index is 0.0385. The van der Waals surface area contributed by atoms with E-state index in [2.05, 4.69) is 12.2 Å². The van der Waals surface area contributed by atoms with Gasteiger partial charge in [-0.3, -0.25) is 4.90 Å². The highest BCUT2D eigenvalue weighted by Crippen LogP contribution is 2.39. The first-order chi connectivity index (χ1) is 7.74. The van der Waals surface area contributed by atoms with E-state index in [0.717, 1.165) is 19.5 Å². The van der Waals surface area contributed by atoms with Crippen LogP contribution in [0.5, 0.6) is 0 Å². The molecule has 2 aliphatic rings. The number of β-amino-alcohol motifs (C(OH)–C–C–N with tert-alkyl or cyclic N) is 1. The van der Waals surface area contributed by atoms with Crippen molar-refractivity contribution in [3.05, 3.63) is 0 Å². The Balaban J connectivity index is 1.94. The maximum Gasteiger partial charge on any atom is 0.418 e. The molecule has 100 valence electrons. The predicted octanol–water partition coefficient (Wildman–Crippen LogP) is 0.985. The highest BCUT2D eigenvalue weighted by Gasteiger charge is 2.57. The molecule has 3 nitrogen and oxygen atoms in total. The predicted molar refractivity (Wildman–Crippen MR) is 57.7 cm³/mol. The molecule has 2 rings (SSSR count). The number of rotatable bonds is 2. The fourth-order valence-electron chi connectivity index (χ4n) is 2.78. The first kappa shape index (κ1) is 13.1. The summed E-state index contributed by atoms with van der Waals surface area (Å²) in [5.74, 6) is 0. The van der Waals surface area contributed by atoms with Gasteiger partial charge in [0.1, 0.15) is 0 Å². The van der Waals surface area contributed by atoms with Gasteiger partial charge < -0.3 is 10.4 Å². The van der Waals surface area contributed by atoms with Gasteiger partial charge in [-0.2, -0.15) is 13.2 Å². The van der Waals surface area contributed by atoms with Gasteiger partial charge in [0.2, 0.25) is 0 Å². The molecule has 2 aliphatic heterocycles. The van der Waals surface area contributed by atoms with Crippen molar-refractivity contribution in [3.63, 3.8) is 0 Å². The molecule has 0 radical (unpaired) electrons. The molecule has 0 aromatic heterocycles. The number of halogens is 3. The molecule has 0 aliphatic carbocycles. The SMILES string of the molecule is CC1(CN2CCC(O)(C(F)(F)F)C2)CCNC1. The number of nitrogens with zero attached hydrogens (tertiary/aromatic N) is 1. The Kier molecular flexibility index (Phi) is 3.16. The lowest BCUT2D eigenvalue weighted by Crippen LogP contribution is -2.48. The fourth-order valence-corrected chi connectivity index (χ4v) is 2.78. The smallest absolute Gasteiger partial charge is 0.379 e. The van der Waals surface area contributed by atoms with Crippen LogP contribution in [0.15, 0.2) is 0 Å². The summed E-state index contributed by atoms with van der Waals surface area (Å²) >= 11 is 0. The highest BCUT2D eigenvalue weighted by molar-refractivity contribution is 4.98. The molecule has 2 heterocycles. The summed E-state index contributed by atoms with van der Waals surface area (Å²) in [5, 5.41) is 12.8. The Morgan fingerprint density at radius 3 is 2.53 bits per heavy atom. The van der Waals surface area contributed by atoms with Crippen LogP contribution in [-0.2, 0) is 0 Å². The summed E-state index contributed by atoms with van der Waals surface area (Å²) in [5.41, 5.74) is -2.47. The molecule has 2 N–H and O–H groups in total. The zero-order chi connectivity index (χ0) is 12.7. The summed E-state index contributed by atoms with van der Waals surface area (Å²) in [6, 6.07) is 0. The summed E-state index contributed by atoms with van der Waals surface area (Å²) in [6.45, 7) is 4.51. The van der Waals surface area contributed by atoms with E-state index in [1.807, 2.05) is 0 Å². The van der Waals surface area contributed by atoms with Gasteiger partial charge in [0, 0.05) is 26.2 Å². The van der Waals surface area contributed by atoms with E-state index in [1.54, 1.807) is 4.90 Å². The van der Waals surface area contributed by atoms with E-state index >= 15 is 0 Å². The summed E-state index contributed by atoms with van der Waals surface area (Å²) < 4.78 is 37.9. The number of nitrogens with one attached hydrogen (secondary N) is 1. The third kappa shape index (κ3) is 2.58. The average Bonchev–Trinajstić information content (AvgIpc) is 2.74. The van der Waals surface area contributed by atoms with Crippen molar-refractivity contribution >= 4 is 0 Å². The monoisotopic (exact) mass is 252 g/mol. The lowest BCUT2D eigenvalue weighted by molar-refractivity contribution is -0.254. The van der Waals surface area contributed by atoms with Crippen LogP contribution in [0.3, 0.4) is 0 Å². The maximum atomic E-state index is 12.6. The van der Waals surface area contributed by atoms with E-state index in [0.29, 0.717) is 13.1 Å². The van der Waals surface area contributed by atoms with Crippen molar-refractivity contribution in [2.75, 3.05) is 32.7 Å². The Morgan fingerprint density at radius 2 is 2.06 bits per heavy atom. The first-order valence-electron chi connectivity index (χ1n) is 5.96. The Hall–Kier alpha value is -0.330. The molecule has 6 heteroatoms. The van der Waals surface area contributed by atoms with Crippen LogP contribution in [0.25, 0.3) is 0 Å². The van der Waals surface area contributed by atoms with Crippen molar-refractivity contribution in [1.29, 1.82) is 0 Å². The zero-order valence-corrected chi connectivity index (χ0v) is 9.98. The zero-order valence-electron chi connectivity index (χ0n) is 9.98. The molecule has 2 atom stereocenters. The molecule has 0 spiro atoms. The van der Waals surface area contributed by atoms with Gasteiger partial charge in [0.05, 0.1) is 0 Å². The molecule has 2 unspecified atom stereocenters. The molecule has 2 saturated heterocycles. The highest BCUT2D eigenvalue weighted by atomic mass is 19.4. The molecule has 2 fully saturated rings. The summed E-state index contributed by atoms with van der Waals surface area (Å²) in [6.07, 6.45) is -3.75. The van der Waals surface area contributed by atoms with E-state index < -0.39 is 11.8 Å². The Labute approximate surface area is 99.0 Å². The molecule has 17 heavy (non-hydrogen) atoms. The van der Waals surface area contributed by atoms with Crippen molar-refractivity contribution in [2.45, 2.75) is 31.5 Å². The lowest BCUT2D eigenvalue weighted by Gasteiger charge is -2.31. The van der Waals surface area contributed by atoms with Gasteiger partial charge in [-0.05, 0) is 24.8 Å². The van der Waals surface area contributed by atoms with Crippen LogP contribution in [0.2, 0.25) is 0 Å². The lowest BCUT2D eigenvalue weighted by atomic mass is 9.89. The molecular weight excluding hydrogens is 233 g/mol. The second-order valence-corrected chi connectivity index (χ2v) is 5.73. The van der Waals surface area contributed by atoms with Gasteiger partial charge in [-0.25, -0.2) is 0 Å². The topological polar surface area (TPSA) is 35.5 Å². The second-order valence-electron chi connectivity index (χ2n) is 5.73. The van der Waals surface area contributed by atoms with Crippen molar-refractivity contribution in [3.8, 4) is 0 Å². The van der Waals surface area contributed by atoms with E-state index in [9.17, 15) is 18.3 Å². The normalized spacial score (nSPS) is 40.1. The third-order valence-corrected chi connectivity index (χ3v) is 3.92. The van der Waals surface area contributed by atoms with E-state index in [4.69, 9.17) is 0 Å². The molecule has 0 aromatic rings. The van der Waals surface area contributed by atoms with Crippen LogP contribution in [-0.4, -0.2) is 54.5 Å². The number of hydrogen-bond acceptors (Lipinski definition) is 3. The largest absolute Gasteiger partial charge is 0.418 e. The van der Waals surface area contributed by atoms with Crippen molar-refractivity contribution < 1.29 is 18.3 Å². The van der Waals surface area contributed by atoms with Crippen LogP contribution < -0.4 is 5.32 Å². The van der Waals surface area contributed by atoms with Gasteiger partial charge in [0.25, 0.3) is 0 Å². The third-order valence-electron chi connectivity index (χ3n) is 3.92. The van der Waals surface area contributed by atoms with Gasteiger partial charge >= 0.3 is 6.18 Å². The first-order valence-corrected chi connectivity index (χ1v) is 5.96. The average molecular weight is 252 g/mol. The Bertz CT molecular complexity index is 289. The van der Waals surface area contributed by atoms with Gasteiger partial charge in [0.15, 0.2) is 5.60 Å². The van der Waals surface area contributed by atoms with Crippen LogP contribution >= 0.6 is 0 Å². The van der Waals surface area contributed by atoms with Crippen molar-refractivity contribution in [1.82, 2.24) is 10.2 Å². The van der Waals surface area contributed by atoms with Crippen molar-refractivity contribution in [2.24, 2.45) is 5.41 Å². The van der Waals surface area contributed by atoms with Gasteiger partial charge in [-0.1, -0.05) is 6.92 Å². The number of aliphatic hydroxyl groups is 1. The molecule has 0 aromatic carbocycles. The summed E-state index contributed by atoms with van der Waals surface area (Å²) in [7, 11) is 0. The Morgan fingerprint density at radius 1 is 1.35 bits per heavy atom. The van der Waals surface area contributed by atoms with Gasteiger partial charge in [-0.15, -0.1) is 0 Å². The molecule has 0 amide bonds. The van der Waals surface area contributed by atoms with Crippen LogP contribution in [0.1, 0.15) is 19.8 Å². The molecule has 0 saturated carbocycles. The van der Waals surface area contributed by atoms with Crippen LogP contribution in [0.4, 0.5) is 13.2 Å². The maximum absolute atomic E-state index is 12.6. The number of likely N-dealkylation sites (tertiary alicyclic amines) is 1. The minimum atomic E-state index is -4.52. The summed E-state index contributed by atoms with van der Waals surface area (Å²) in [4.78, 5) is 1.74.